The number of rotatable bonds is 5. The van der Waals surface area contributed by atoms with Crippen LogP contribution in [0.15, 0.2) is 18.2 Å². The fourth-order valence-corrected chi connectivity index (χ4v) is 1.74. The third kappa shape index (κ3) is 3.66. The molecule has 4 heteroatoms. The van der Waals surface area contributed by atoms with E-state index in [0.717, 1.165) is 18.5 Å². The first kappa shape index (κ1) is 13.4. The lowest BCUT2D eigenvalue weighted by atomic mass is 10.1. The van der Waals surface area contributed by atoms with Crippen molar-refractivity contribution in [1.82, 2.24) is 0 Å². The molecular weight excluding hydrogens is 216 g/mol. The number of benzene rings is 1. The maximum absolute atomic E-state index is 11.6. The van der Waals surface area contributed by atoms with Gasteiger partial charge >= 0.3 is 5.97 Å². The van der Waals surface area contributed by atoms with Crippen molar-refractivity contribution in [2.24, 2.45) is 0 Å². The van der Waals surface area contributed by atoms with Crippen LogP contribution in [0.3, 0.4) is 0 Å². The predicted molar refractivity (Wildman–Crippen MR) is 70.2 cm³/mol. The number of carbonyl (C=O) groups is 1. The second kappa shape index (κ2) is 6.13. The van der Waals surface area contributed by atoms with Crippen LogP contribution in [0.5, 0.6) is 0 Å². The van der Waals surface area contributed by atoms with Crippen LogP contribution in [0.25, 0.3) is 0 Å². The normalized spacial score (nSPS) is 11.9. The SMILES string of the molecule is CCCC(C)Nc1ccc(N)cc1C(=O)OC. The Labute approximate surface area is 102 Å². The molecule has 1 atom stereocenters. The van der Waals surface area contributed by atoms with Crippen molar-refractivity contribution in [3.8, 4) is 0 Å². The number of hydrogen-bond acceptors (Lipinski definition) is 4. The van der Waals surface area contributed by atoms with E-state index in [-0.39, 0.29) is 5.97 Å². The van der Waals surface area contributed by atoms with E-state index in [1.54, 1.807) is 12.1 Å². The Morgan fingerprint density at radius 1 is 1.53 bits per heavy atom. The van der Waals surface area contributed by atoms with Gasteiger partial charge in [0.25, 0.3) is 0 Å². The lowest BCUT2D eigenvalue weighted by Gasteiger charge is -2.17. The number of nitrogen functional groups attached to an aromatic ring is 1. The summed E-state index contributed by atoms with van der Waals surface area (Å²) in [5.41, 5.74) is 7.48. The van der Waals surface area contributed by atoms with Crippen molar-refractivity contribution in [1.29, 1.82) is 0 Å². The van der Waals surface area contributed by atoms with Crippen LogP contribution in [-0.2, 0) is 4.74 Å². The highest BCUT2D eigenvalue weighted by Gasteiger charge is 2.13. The third-order valence-corrected chi connectivity index (χ3v) is 2.57. The molecule has 0 saturated heterocycles. The molecule has 0 aliphatic heterocycles. The van der Waals surface area contributed by atoms with Crippen molar-refractivity contribution in [3.05, 3.63) is 23.8 Å². The zero-order chi connectivity index (χ0) is 12.8. The second-order valence-corrected chi connectivity index (χ2v) is 4.13. The summed E-state index contributed by atoms with van der Waals surface area (Å²) >= 11 is 0. The molecule has 4 nitrogen and oxygen atoms in total. The fraction of sp³-hybridized carbons (Fsp3) is 0.462. The Kier molecular flexibility index (Phi) is 4.82. The largest absolute Gasteiger partial charge is 0.465 e. The molecule has 1 aromatic carbocycles. The van der Waals surface area contributed by atoms with Gasteiger partial charge in [0, 0.05) is 17.4 Å². The van der Waals surface area contributed by atoms with Crippen molar-refractivity contribution in [2.45, 2.75) is 32.7 Å². The molecule has 1 rings (SSSR count). The number of carbonyl (C=O) groups excluding carboxylic acids is 1. The quantitative estimate of drug-likeness (QED) is 0.609. The van der Waals surface area contributed by atoms with E-state index in [4.69, 9.17) is 10.5 Å². The van der Waals surface area contributed by atoms with Gasteiger partial charge in [-0.05, 0) is 31.5 Å². The van der Waals surface area contributed by atoms with Crippen molar-refractivity contribution >= 4 is 17.3 Å². The minimum Gasteiger partial charge on any atom is -0.465 e. The molecule has 17 heavy (non-hydrogen) atoms. The van der Waals surface area contributed by atoms with Gasteiger partial charge in [0.05, 0.1) is 12.7 Å². The van der Waals surface area contributed by atoms with Crippen LogP contribution < -0.4 is 11.1 Å². The lowest BCUT2D eigenvalue weighted by Crippen LogP contribution is -2.17. The Morgan fingerprint density at radius 3 is 2.82 bits per heavy atom. The Morgan fingerprint density at radius 2 is 2.24 bits per heavy atom. The van der Waals surface area contributed by atoms with Crippen LogP contribution in [0.1, 0.15) is 37.0 Å². The topological polar surface area (TPSA) is 64.3 Å². The van der Waals surface area contributed by atoms with Gasteiger partial charge in [0.15, 0.2) is 0 Å². The Bertz CT molecular complexity index is 391. The van der Waals surface area contributed by atoms with Crippen molar-refractivity contribution in [2.75, 3.05) is 18.2 Å². The van der Waals surface area contributed by atoms with E-state index in [2.05, 4.69) is 19.2 Å². The number of methoxy groups -OCH3 is 1. The summed E-state index contributed by atoms with van der Waals surface area (Å²) in [6, 6.07) is 5.53. The van der Waals surface area contributed by atoms with Gasteiger partial charge in [-0.1, -0.05) is 13.3 Å². The van der Waals surface area contributed by atoms with Crippen molar-refractivity contribution < 1.29 is 9.53 Å². The van der Waals surface area contributed by atoms with Crippen LogP contribution in [0.2, 0.25) is 0 Å². The summed E-state index contributed by atoms with van der Waals surface area (Å²) in [5, 5.41) is 3.30. The summed E-state index contributed by atoms with van der Waals surface area (Å²) in [5.74, 6) is -0.372. The van der Waals surface area contributed by atoms with Gasteiger partial charge in [0.2, 0.25) is 0 Å². The highest BCUT2D eigenvalue weighted by atomic mass is 16.5. The Balaban J connectivity index is 2.94. The van der Waals surface area contributed by atoms with Crippen LogP contribution in [0.4, 0.5) is 11.4 Å². The molecule has 0 aliphatic carbocycles. The smallest absolute Gasteiger partial charge is 0.340 e. The number of esters is 1. The monoisotopic (exact) mass is 236 g/mol. The van der Waals surface area contributed by atoms with Gasteiger partial charge < -0.3 is 15.8 Å². The van der Waals surface area contributed by atoms with Gasteiger partial charge in [-0.15, -0.1) is 0 Å². The maximum atomic E-state index is 11.6. The third-order valence-electron chi connectivity index (χ3n) is 2.57. The summed E-state index contributed by atoms with van der Waals surface area (Å²) < 4.78 is 4.74. The number of anilines is 2. The Hall–Kier alpha value is -1.71. The molecule has 3 N–H and O–H groups in total. The van der Waals surface area contributed by atoms with Gasteiger partial charge in [-0.3, -0.25) is 0 Å². The van der Waals surface area contributed by atoms with E-state index < -0.39 is 0 Å². The summed E-state index contributed by atoms with van der Waals surface area (Å²) in [6.45, 7) is 4.21. The minimum absolute atomic E-state index is 0.312. The number of nitrogens with two attached hydrogens (primary N) is 1. The average molecular weight is 236 g/mol. The molecular formula is C13H20N2O2. The number of ether oxygens (including phenoxy) is 1. The molecule has 0 aromatic heterocycles. The highest BCUT2D eigenvalue weighted by molar-refractivity contribution is 5.96. The molecule has 0 radical (unpaired) electrons. The highest BCUT2D eigenvalue weighted by Crippen LogP contribution is 2.21. The first-order valence-corrected chi connectivity index (χ1v) is 5.82. The first-order chi connectivity index (χ1) is 8.08. The fourth-order valence-electron chi connectivity index (χ4n) is 1.74. The molecule has 0 amide bonds. The predicted octanol–water partition coefficient (Wildman–Crippen LogP) is 2.66. The van der Waals surface area contributed by atoms with Gasteiger partial charge in [0.1, 0.15) is 0 Å². The molecule has 0 heterocycles. The van der Waals surface area contributed by atoms with Crippen LogP contribution in [0, 0.1) is 0 Å². The molecule has 0 spiro atoms. The zero-order valence-corrected chi connectivity index (χ0v) is 10.6. The molecule has 0 bridgehead atoms. The minimum atomic E-state index is -0.372. The second-order valence-electron chi connectivity index (χ2n) is 4.13. The summed E-state index contributed by atoms with van der Waals surface area (Å²) in [6.07, 6.45) is 2.14. The van der Waals surface area contributed by atoms with Gasteiger partial charge in [-0.25, -0.2) is 4.79 Å². The molecule has 0 aliphatic rings. The standard InChI is InChI=1S/C13H20N2O2/c1-4-5-9(2)15-12-7-6-10(14)8-11(12)13(16)17-3/h6-9,15H,4-5,14H2,1-3H3. The maximum Gasteiger partial charge on any atom is 0.340 e. The molecule has 1 unspecified atom stereocenters. The van der Waals surface area contributed by atoms with E-state index in [9.17, 15) is 4.79 Å². The van der Waals surface area contributed by atoms with E-state index in [0.29, 0.717) is 17.3 Å². The number of hydrogen-bond donors (Lipinski definition) is 2. The van der Waals surface area contributed by atoms with Gasteiger partial charge in [-0.2, -0.15) is 0 Å². The summed E-state index contributed by atoms with van der Waals surface area (Å²) in [4.78, 5) is 11.6. The average Bonchev–Trinajstić information content (AvgIpc) is 2.30. The lowest BCUT2D eigenvalue weighted by molar-refractivity contribution is 0.0602. The molecule has 0 saturated carbocycles. The summed E-state index contributed by atoms with van der Waals surface area (Å²) in [7, 11) is 1.37. The van der Waals surface area contributed by atoms with E-state index >= 15 is 0 Å². The van der Waals surface area contributed by atoms with E-state index in [1.165, 1.54) is 7.11 Å². The molecule has 94 valence electrons. The van der Waals surface area contributed by atoms with E-state index in [1.807, 2.05) is 6.07 Å². The first-order valence-electron chi connectivity index (χ1n) is 5.82. The van der Waals surface area contributed by atoms with Crippen LogP contribution in [-0.4, -0.2) is 19.1 Å². The molecule has 1 aromatic rings. The zero-order valence-electron chi connectivity index (χ0n) is 10.6. The number of nitrogens with one attached hydrogen (secondary N) is 1. The van der Waals surface area contributed by atoms with Crippen LogP contribution >= 0.6 is 0 Å². The van der Waals surface area contributed by atoms with Crippen molar-refractivity contribution in [3.63, 3.8) is 0 Å². The molecule has 0 fully saturated rings.